The average Bonchev–Trinajstić information content (AvgIpc) is 3.31. The van der Waals surface area contributed by atoms with Gasteiger partial charge in [0, 0.05) is 38.0 Å². The Balaban J connectivity index is 1.74. The SMILES string of the molecule is CCc1cc(CNC2CC2)cc(N2CCCOCC2)n1. The van der Waals surface area contributed by atoms with Gasteiger partial charge in [-0.2, -0.15) is 0 Å². The first-order chi connectivity index (χ1) is 9.85. The third kappa shape index (κ3) is 3.70. The second kappa shape index (κ2) is 6.55. The Bertz CT molecular complexity index is 437. The highest BCUT2D eigenvalue weighted by Crippen LogP contribution is 2.21. The Labute approximate surface area is 121 Å². The number of aromatic nitrogens is 1. The van der Waals surface area contributed by atoms with Gasteiger partial charge in [0.15, 0.2) is 0 Å². The Hall–Kier alpha value is -1.13. The van der Waals surface area contributed by atoms with E-state index in [0.717, 1.165) is 57.5 Å². The van der Waals surface area contributed by atoms with Crippen molar-refractivity contribution in [3.8, 4) is 0 Å². The Morgan fingerprint density at radius 2 is 2.20 bits per heavy atom. The number of rotatable bonds is 5. The summed E-state index contributed by atoms with van der Waals surface area (Å²) in [6, 6.07) is 5.25. The molecular formula is C16H25N3O. The molecule has 1 saturated carbocycles. The van der Waals surface area contributed by atoms with Crippen molar-refractivity contribution in [1.29, 1.82) is 0 Å². The molecule has 1 aromatic heterocycles. The molecule has 110 valence electrons. The van der Waals surface area contributed by atoms with E-state index in [9.17, 15) is 0 Å². The van der Waals surface area contributed by atoms with Gasteiger partial charge in [-0.25, -0.2) is 4.98 Å². The molecule has 1 N–H and O–H groups in total. The lowest BCUT2D eigenvalue weighted by molar-refractivity contribution is 0.152. The highest BCUT2D eigenvalue weighted by atomic mass is 16.5. The van der Waals surface area contributed by atoms with Crippen LogP contribution >= 0.6 is 0 Å². The largest absolute Gasteiger partial charge is 0.380 e. The van der Waals surface area contributed by atoms with Crippen molar-refractivity contribution in [2.75, 3.05) is 31.2 Å². The van der Waals surface area contributed by atoms with Gasteiger partial charge < -0.3 is 15.0 Å². The first kappa shape index (κ1) is 13.8. The van der Waals surface area contributed by atoms with Gasteiger partial charge in [-0.3, -0.25) is 0 Å². The lowest BCUT2D eigenvalue weighted by Gasteiger charge is -2.22. The zero-order valence-corrected chi connectivity index (χ0v) is 12.4. The summed E-state index contributed by atoms with van der Waals surface area (Å²) < 4.78 is 5.54. The van der Waals surface area contributed by atoms with Crippen LogP contribution in [-0.2, 0) is 17.7 Å². The van der Waals surface area contributed by atoms with Crippen LogP contribution in [0.15, 0.2) is 12.1 Å². The van der Waals surface area contributed by atoms with Crippen LogP contribution in [0.3, 0.4) is 0 Å². The summed E-state index contributed by atoms with van der Waals surface area (Å²) >= 11 is 0. The number of anilines is 1. The summed E-state index contributed by atoms with van der Waals surface area (Å²) in [4.78, 5) is 7.17. The lowest BCUT2D eigenvalue weighted by atomic mass is 10.2. The van der Waals surface area contributed by atoms with Crippen LogP contribution in [0, 0.1) is 0 Å². The molecule has 0 amide bonds. The number of aryl methyl sites for hydroxylation is 1. The Kier molecular flexibility index (Phi) is 4.53. The van der Waals surface area contributed by atoms with Crippen LogP contribution in [0.5, 0.6) is 0 Å². The minimum atomic E-state index is 0.753. The average molecular weight is 275 g/mol. The van der Waals surface area contributed by atoms with Crippen LogP contribution in [0.1, 0.15) is 37.4 Å². The third-order valence-electron chi connectivity index (χ3n) is 4.01. The van der Waals surface area contributed by atoms with Crippen molar-refractivity contribution in [1.82, 2.24) is 10.3 Å². The van der Waals surface area contributed by atoms with Crippen molar-refractivity contribution >= 4 is 5.82 Å². The van der Waals surface area contributed by atoms with E-state index in [0.29, 0.717) is 0 Å². The predicted octanol–water partition coefficient (Wildman–Crippen LogP) is 2.12. The van der Waals surface area contributed by atoms with Gasteiger partial charge in [0.2, 0.25) is 0 Å². The van der Waals surface area contributed by atoms with E-state index in [2.05, 4.69) is 29.3 Å². The van der Waals surface area contributed by atoms with Gasteiger partial charge in [-0.15, -0.1) is 0 Å². The summed E-state index contributed by atoms with van der Waals surface area (Å²) in [6.45, 7) is 6.84. The molecule has 0 bridgehead atoms. The zero-order chi connectivity index (χ0) is 13.8. The molecule has 0 atom stereocenters. The fourth-order valence-corrected chi connectivity index (χ4v) is 2.60. The topological polar surface area (TPSA) is 37.4 Å². The van der Waals surface area contributed by atoms with Crippen molar-refractivity contribution in [2.45, 2.75) is 45.2 Å². The molecule has 1 aromatic rings. The van der Waals surface area contributed by atoms with Crippen LogP contribution in [-0.4, -0.2) is 37.3 Å². The first-order valence-electron chi connectivity index (χ1n) is 7.91. The Morgan fingerprint density at radius 3 is 3.00 bits per heavy atom. The molecule has 1 aliphatic heterocycles. The molecule has 1 saturated heterocycles. The highest BCUT2D eigenvalue weighted by Gasteiger charge is 2.20. The number of nitrogens with one attached hydrogen (secondary N) is 1. The van der Waals surface area contributed by atoms with Gasteiger partial charge in [-0.1, -0.05) is 6.92 Å². The van der Waals surface area contributed by atoms with E-state index < -0.39 is 0 Å². The van der Waals surface area contributed by atoms with Gasteiger partial charge in [0.05, 0.1) is 6.61 Å². The van der Waals surface area contributed by atoms with E-state index in [1.54, 1.807) is 0 Å². The number of hydrogen-bond donors (Lipinski definition) is 1. The van der Waals surface area contributed by atoms with E-state index in [1.807, 2.05) is 0 Å². The molecule has 20 heavy (non-hydrogen) atoms. The van der Waals surface area contributed by atoms with E-state index >= 15 is 0 Å². The van der Waals surface area contributed by atoms with Crippen molar-refractivity contribution in [2.24, 2.45) is 0 Å². The minimum Gasteiger partial charge on any atom is -0.380 e. The van der Waals surface area contributed by atoms with E-state index in [1.165, 1.54) is 24.1 Å². The molecule has 0 radical (unpaired) electrons. The smallest absolute Gasteiger partial charge is 0.129 e. The van der Waals surface area contributed by atoms with Gasteiger partial charge >= 0.3 is 0 Å². The number of ether oxygens (including phenoxy) is 1. The third-order valence-corrected chi connectivity index (χ3v) is 4.01. The fraction of sp³-hybridized carbons (Fsp3) is 0.688. The van der Waals surface area contributed by atoms with Gasteiger partial charge in [0.1, 0.15) is 5.82 Å². The maximum atomic E-state index is 5.54. The van der Waals surface area contributed by atoms with Crippen LogP contribution in [0.4, 0.5) is 5.82 Å². The normalized spacial score (nSPS) is 19.9. The quantitative estimate of drug-likeness (QED) is 0.893. The van der Waals surface area contributed by atoms with E-state index in [-0.39, 0.29) is 0 Å². The zero-order valence-electron chi connectivity index (χ0n) is 12.4. The number of hydrogen-bond acceptors (Lipinski definition) is 4. The standard InChI is InChI=1S/C16H25N3O/c1-2-14-10-13(12-17-15-4-5-15)11-16(18-14)19-6-3-8-20-9-7-19/h10-11,15,17H,2-9,12H2,1H3. The van der Waals surface area contributed by atoms with E-state index in [4.69, 9.17) is 9.72 Å². The predicted molar refractivity (Wildman–Crippen MR) is 81.1 cm³/mol. The molecule has 0 spiro atoms. The van der Waals surface area contributed by atoms with Crippen LogP contribution in [0.2, 0.25) is 0 Å². The van der Waals surface area contributed by atoms with Crippen molar-refractivity contribution < 1.29 is 4.74 Å². The molecule has 2 fully saturated rings. The van der Waals surface area contributed by atoms with Gasteiger partial charge in [0.25, 0.3) is 0 Å². The molecule has 3 rings (SSSR count). The summed E-state index contributed by atoms with van der Waals surface area (Å²) in [5, 5.41) is 3.60. The number of pyridine rings is 1. The Morgan fingerprint density at radius 1 is 1.30 bits per heavy atom. The second-order valence-electron chi connectivity index (χ2n) is 5.79. The maximum Gasteiger partial charge on any atom is 0.129 e. The number of nitrogens with zero attached hydrogens (tertiary/aromatic N) is 2. The summed E-state index contributed by atoms with van der Waals surface area (Å²) in [7, 11) is 0. The second-order valence-corrected chi connectivity index (χ2v) is 5.79. The molecule has 0 unspecified atom stereocenters. The van der Waals surface area contributed by atoms with Crippen molar-refractivity contribution in [3.63, 3.8) is 0 Å². The van der Waals surface area contributed by atoms with Crippen LogP contribution in [0.25, 0.3) is 0 Å². The van der Waals surface area contributed by atoms with Gasteiger partial charge in [-0.05, 0) is 43.4 Å². The molecule has 0 aromatic carbocycles. The molecular weight excluding hydrogens is 250 g/mol. The molecule has 2 aliphatic rings. The minimum absolute atomic E-state index is 0.753. The fourth-order valence-electron chi connectivity index (χ4n) is 2.60. The lowest BCUT2D eigenvalue weighted by Crippen LogP contribution is -2.27. The van der Waals surface area contributed by atoms with Crippen LogP contribution < -0.4 is 10.2 Å². The first-order valence-corrected chi connectivity index (χ1v) is 7.91. The summed E-state index contributed by atoms with van der Waals surface area (Å²) in [6.07, 6.45) is 4.76. The highest BCUT2D eigenvalue weighted by molar-refractivity contribution is 5.43. The molecule has 1 aliphatic carbocycles. The maximum absolute atomic E-state index is 5.54. The molecule has 4 nitrogen and oxygen atoms in total. The van der Waals surface area contributed by atoms with Crippen molar-refractivity contribution in [3.05, 3.63) is 23.4 Å². The molecule has 4 heteroatoms. The molecule has 2 heterocycles. The summed E-state index contributed by atoms with van der Waals surface area (Å²) in [5.74, 6) is 1.13. The monoisotopic (exact) mass is 275 g/mol. The summed E-state index contributed by atoms with van der Waals surface area (Å²) in [5.41, 5.74) is 2.56.